The van der Waals surface area contributed by atoms with Crippen LogP contribution < -0.4 is 0 Å². The Balaban J connectivity index is 0.000000461. The zero-order valence-electron chi connectivity index (χ0n) is 5.78. The van der Waals surface area contributed by atoms with E-state index in [9.17, 15) is 0 Å². The average Bonchev–Trinajstić information content (AvgIpc) is 2.02. The van der Waals surface area contributed by atoms with Gasteiger partial charge in [-0.25, -0.2) is 0 Å². The second-order valence-electron chi connectivity index (χ2n) is 1.74. The molecule has 56 valence electrons. The molecule has 1 aromatic rings. The quantitative estimate of drug-likeness (QED) is 0.502. The van der Waals surface area contributed by atoms with Crippen LogP contribution in [0.3, 0.4) is 0 Å². The van der Waals surface area contributed by atoms with Crippen LogP contribution in [0.5, 0.6) is 0 Å². The van der Waals surface area contributed by atoms with Gasteiger partial charge in [-0.05, 0) is 5.02 Å². The zero-order valence-corrected chi connectivity index (χ0v) is 11.8. The first-order valence-corrected chi connectivity index (χ1v) is 10.4. The molecule has 4 heteroatoms. The Bertz CT molecular complexity index is 228. The summed E-state index contributed by atoms with van der Waals surface area (Å²) in [7, 11) is 0. The van der Waals surface area contributed by atoms with Crippen molar-refractivity contribution in [2.45, 2.75) is 0 Å². The Hall–Kier alpha value is 0.773. The average molecular weight is 305 g/mol. The third-order valence-corrected chi connectivity index (χ3v) is 1.61. The van der Waals surface area contributed by atoms with Crippen molar-refractivity contribution in [3.8, 4) is 0 Å². The van der Waals surface area contributed by atoms with Crippen molar-refractivity contribution in [3.05, 3.63) is 40.7 Å². The van der Waals surface area contributed by atoms with Crippen molar-refractivity contribution in [1.82, 2.24) is 0 Å². The van der Waals surface area contributed by atoms with E-state index in [4.69, 9.17) is 23.2 Å². The van der Waals surface area contributed by atoms with E-state index < -0.39 is 0 Å². The molecule has 0 nitrogen and oxygen atoms in total. The molecule has 0 saturated heterocycles. The summed E-state index contributed by atoms with van der Waals surface area (Å²) in [5, 5.41) is 1.32. The van der Waals surface area contributed by atoms with Gasteiger partial charge >= 0.3 is 30.0 Å². The number of benzene rings is 1. The summed E-state index contributed by atoms with van der Waals surface area (Å²) in [6.07, 6.45) is 0. The van der Waals surface area contributed by atoms with E-state index >= 15 is 0 Å². The topological polar surface area (TPSA) is 0 Å². The van der Waals surface area contributed by atoms with Crippen LogP contribution >= 0.6 is 36.8 Å². The van der Waals surface area contributed by atoms with E-state index in [1.165, 1.54) is 16.3 Å². The van der Waals surface area contributed by atoms with Gasteiger partial charge in [0.1, 0.15) is 0 Å². The molecule has 0 atom stereocenters. The molecule has 0 N–H and O–H groups in total. The number of hydrogen-bond donors (Lipinski definition) is 0. The van der Waals surface area contributed by atoms with Crippen LogP contribution in [0, 0.1) is 6.92 Å². The van der Waals surface area contributed by atoms with Crippen molar-refractivity contribution in [2.75, 3.05) is 0 Å². The molecule has 1 rings (SSSR count). The van der Waals surface area contributed by atoms with Crippen LogP contribution in [0.1, 0.15) is 5.56 Å². The molecule has 0 aromatic heterocycles. The van der Waals surface area contributed by atoms with Crippen molar-refractivity contribution < 1.29 is 16.3 Å². The summed E-state index contributed by atoms with van der Waals surface area (Å²) in [5.74, 6) is 0. The van der Waals surface area contributed by atoms with Gasteiger partial charge in [0.15, 0.2) is 0 Å². The molecule has 0 spiro atoms. The first-order chi connectivity index (χ1) is 5.20. The van der Waals surface area contributed by atoms with Gasteiger partial charge in [0.05, 0.1) is 0 Å². The second-order valence-corrected chi connectivity index (χ2v) is 2.58. The molecule has 0 aliphatic heterocycles. The molecule has 0 amide bonds. The molecule has 0 aliphatic carbocycles. The van der Waals surface area contributed by atoms with Crippen LogP contribution in [0.4, 0.5) is 0 Å². The van der Waals surface area contributed by atoms with Gasteiger partial charge in [-0.15, -0.1) is 6.07 Å². The fourth-order valence-corrected chi connectivity index (χ4v) is 0.856. The minimum absolute atomic E-state index is 0.652. The van der Waals surface area contributed by atoms with Crippen molar-refractivity contribution in [2.24, 2.45) is 0 Å². The van der Waals surface area contributed by atoms with Gasteiger partial charge in [-0.2, -0.15) is 24.1 Å². The zero-order chi connectivity index (χ0) is 8.85. The van der Waals surface area contributed by atoms with Crippen molar-refractivity contribution >= 4 is 36.8 Å². The first-order valence-electron chi connectivity index (χ1n) is 2.74. The monoisotopic (exact) mass is 302 g/mol. The second kappa shape index (κ2) is 6.31. The van der Waals surface area contributed by atoms with Gasteiger partial charge in [-0.1, -0.05) is 28.8 Å². The Morgan fingerprint density at radius 2 is 1.82 bits per heavy atom. The van der Waals surface area contributed by atoms with E-state index in [1.54, 1.807) is 18.2 Å². The van der Waals surface area contributed by atoms with Crippen molar-refractivity contribution in [1.29, 1.82) is 0 Å². The predicted octanol–water partition coefficient (Wildman–Crippen LogP) is 4.02. The normalized spacial score (nSPS) is 8.45. The Kier molecular flexibility index (Phi) is 6.75. The van der Waals surface area contributed by atoms with Crippen LogP contribution in [0.2, 0.25) is 10.0 Å². The third kappa shape index (κ3) is 4.37. The predicted molar refractivity (Wildman–Crippen MR) is 49.8 cm³/mol. The summed E-state index contributed by atoms with van der Waals surface area (Å²) in [5.41, 5.74) is 0.768. The molecule has 0 saturated carbocycles. The van der Waals surface area contributed by atoms with Crippen LogP contribution in [0.15, 0.2) is 18.2 Å². The summed E-state index contributed by atoms with van der Waals surface area (Å²) < 4.78 is 0. The SMILES string of the molecule is [CH2-]c1cc(Cl)ccc1Cl.[Zn+][Br]. The molecular weight excluding hydrogens is 300 g/mol. The molecule has 0 unspecified atom stereocenters. The number of rotatable bonds is 0. The van der Waals surface area contributed by atoms with E-state index in [2.05, 4.69) is 20.5 Å². The van der Waals surface area contributed by atoms with Gasteiger partial charge in [0.25, 0.3) is 0 Å². The van der Waals surface area contributed by atoms with Gasteiger partial charge in [0.2, 0.25) is 0 Å². The molecular formula is C7H5BrCl2Zn. The van der Waals surface area contributed by atoms with Crippen LogP contribution in [-0.2, 0) is 16.3 Å². The van der Waals surface area contributed by atoms with Crippen LogP contribution in [-0.4, -0.2) is 0 Å². The molecule has 11 heavy (non-hydrogen) atoms. The standard InChI is InChI=1S/C7H5Cl2.BrH.Zn/c1-5-4-6(8)2-3-7(5)9;;/h2-4H,1H2;1H;/q-1;;+2/p-1. The van der Waals surface area contributed by atoms with E-state index in [0.717, 1.165) is 5.56 Å². The molecule has 0 heterocycles. The van der Waals surface area contributed by atoms with E-state index in [1.807, 2.05) is 0 Å². The Labute approximate surface area is 93.3 Å². The molecule has 1 aromatic carbocycles. The first kappa shape index (κ1) is 11.8. The molecule has 0 fully saturated rings. The van der Waals surface area contributed by atoms with Gasteiger partial charge in [-0.3, -0.25) is 0 Å². The van der Waals surface area contributed by atoms with Gasteiger partial charge < -0.3 is 0 Å². The van der Waals surface area contributed by atoms with Gasteiger partial charge in [0, 0.05) is 0 Å². The van der Waals surface area contributed by atoms with E-state index in [-0.39, 0.29) is 0 Å². The third-order valence-electron chi connectivity index (χ3n) is 1.01. The maximum atomic E-state index is 5.66. The maximum absolute atomic E-state index is 5.66. The molecule has 0 aliphatic rings. The summed E-state index contributed by atoms with van der Waals surface area (Å²) in [6.45, 7) is 3.66. The number of hydrogen-bond acceptors (Lipinski definition) is 0. The summed E-state index contributed by atoms with van der Waals surface area (Å²) in [4.78, 5) is 0. The van der Waals surface area contributed by atoms with E-state index in [0.29, 0.717) is 10.0 Å². The summed E-state index contributed by atoms with van der Waals surface area (Å²) >= 11 is 15.5. The van der Waals surface area contributed by atoms with Crippen LogP contribution in [0.25, 0.3) is 0 Å². The van der Waals surface area contributed by atoms with Crippen molar-refractivity contribution in [3.63, 3.8) is 0 Å². The fraction of sp³-hybridized carbons (Fsp3) is 0. The molecule has 0 radical (unpaired) electrons. The Morgan fingerprint density at radius 3 is 2.18 bits per heavy atom. The fourth-order valence-electron chi connectivity index (χ4n) is 0.543. The number of halogens is 3. The molecule has 0 bridgehead atoms. The Morgan fingerprint density at radius 1 is 1.27 bits per heavy atom. The summed E-state index contributed by atoms with van der Waals surface area (Å²) in [6, 6.07) is 5.19. The minimum atomic E-state index is 0.652.